The van der Waals surface area contributed by atoms with Crippen molar-refractivity contribution in [2.75, 3.05) is 5.75 Å². The van der Waals surface area contributed by atoms with Crippen molar-refractivity contribution in [2.45, 2.75) is 90.8 Å². The average Bonchev–Trinajstić information content (AvgIpc) is 2.67. The number of carbonyl (C=O) groups excluding carboxylic acids is 1. The van der Waals surface area contributed by atoms with Crippen LogP contribution in [0.2, 0.25) is 0 Å². The van der Waals surface area contributed by atoms with Crippen molar-refractivity contribution < 1.29 is 18.5 Å². The molecule has 0 spiro atoms. The van der Waals surface area contributed by atoms with Crippen LogP contribution in [0.15, 0.2) is 0 Å². The second kappa shape index (κ2) is 5.52. The minimum absolute atomic E-state index is 0.00806. The van der Waals surface area contributed by atoms with E-state index in [4.69, 9.17) is 0 Å². The summed E-state index contributed by atoms with van der Waals surface area (Å²) in [4.78, 5) is 12.7. The van der Waals surface area contributed by atoms with Gasteiger partial charge in [-0.25, -0.2) is 13.1 Å². The van der Waals surface area contributed by atoms with E-state index in [2.05, 4.69) is 51.6 Å². The lowest BCUT2D eigenvalue weighted by Crippen LogP contribution is -3.06. The topological polar surface area (TPSA) is 79.8 Å². The molecular weight excluding hydrogens is 336 g/mol. The Morgan fingerprint density at radius 2 is 1.64 bits per heavy atom. The van der Waals surface area contributed by atoms with Gasteiger partial charge >= 0.3 is 0 Å². The number of hydrogen-bond acceptors (Lipinski definition) is 3. The van der Waals surface area contributed by atoms with Gasteiger partial charge in [-0.1, -0.05) is 13.8 Å². The number of nitrogens with two attached hydrogens (primary N) is 1. The first-order valence-corrected chi connectivity index (χ1v) is 11.2. The highest BCUT2D eigenvalue weighted by atomic mass is 32.2. The van der Waals surface area contributed by atoms with Crippen LogP contribution < -0.4 is 10.0 Å². The van der Waals surface area contributed by atoms with Crippen molar-refractivity contribution >= 4 is 15.8 Å². The summed E-state index contributed by atoms with van der Waals surface area (Å²) in [5, 5.41) is 2.34. The van der Waals surface area contributed by atoms with Crippen molar-refractivity contribution in [3.05, 3.63) is 0 Å². The molecule has 0 aromatic carbocycles. The van der Waals surface area contributed by atoms with Gasteiger partial charge in [-0.2, -0.15) is 0 Å². The Morgan fingerprint density at radius 3 is 2.08 bits per heavy atom. The number of Topliss-reactive ketones (excluding diaryl/α,β-unsaturated/α-hetero) is 1. The van der Waals surface area contributed by atoms with E-state index in [9.17, 15) is 13.2 Å². The fraction of sp³-hybridized carbons (Fsp3) is 0.947. The molecule has 144 valence electrons. The van der Waals surface area contributed by atoms with Crippen LogP contribution in [0.25, 0.3) is 0 Å². The summed E-state index contributed by atoms with van der Waals surface area (Å²) in [6.45, 7) is 12.8. The van der Waals surface area contributed by atoms with Gasteiger partial charge in [0.15, 0.2) is 0 Å². The molecule has 1 saturated heterocycles. The van der Waals surface area contributed by atoms with Crippen LogP contribution in [0.4, 0.5) is 0 Å². The average molecular weight is 372 g/mol. The predicted octanol–water partition coefficient (Wildman–Crippen LogP) is 1.58. The first kappa shape index (κ1) is 19.3. The van der Waals surface area contributed by atoms with E-state index in [1.807, 2.05) is 0 Å². The molecular formula is C19H35N2O3S+. The molecule has 2 aliphatic carbocycles. The summed E-state index contributed by atoms with van der Waals surface area (Å²) in [6.07, 6.45) is 3.87. The van der Waals surface area contributed by atoms with Crippen molar-refractivity contribution in [1.29, 1.82) is 0 Å². The maximum atomic E-state index is 13.0. The lowest BCUT2D eigenvalue weighted by Gasteiger charge is -2.43. The second-order valence-corrected chi connectivity index (χ2v) is 12.5. The molecule has 0 aromatic rings. The third-order valence-corrected chi connectivity index (χ3v) is 8.81. The van der Waals surface area contributed by atoms with Gasteiger partial charge in [0.05, 0.1) is 16.8 Å². The SMILES string of the molecule is CC1(C)CC(NS(=O)(=O)C[C@@]23CC[C@H](CC2=O)C3(C)C)CC(C)(C)[NH2+]1. The van der Waals surface area contributed by atoms with E-state index >= 15 is 0 Å². The zero-order valence-electron chi connectivity index (χ0n) is 16.6. The van der Waals surface area contributed by atoms with Gasteiger partial charge in [0.2, 0.25) is 10.0 Å². The van der Waals surface area contributed by atoms with E-state index in [1.165, 1.54) is 0 Å². The number of hydrogen-bond donors (Lipinski definition) is 2. The third kappa shape index (κ3) is 3.30. The Balaban J connectivity index is 1.78. The Bertz CT molecular complexity index is 665. The van der Waals surface area contributed by atoms with Crippen LogP contribution in [0.5, 0.6) is 0 Å². The number of carbonyl (C=O) groups is 1. The molecule has 3 N–H and O–H groups in total. The fourth-order valence-corrected chi connectivity index (χ4v) is 8.41. The maximum absolute atomic E-state index is 13.0. The Kier molecular flexibility index (Phi) is 4.26. The predicted molar refractivity (Wildman–Crippen MR) is 98.6 cm³/mol. The molecule has 6 heteroatoms. The smallest absolute Gasteiger partial charge is 0.212 e. The zero-order chi connectivity index (χ0) is 18.9. The second-order valence-electron chi connectivity index (χ2n) is 10.8. The molecule has 2 bridgehead atoms. The standard InChI is InChI=1S/C19H34N2O3S/c1-16(2)10-14(11-17(3,4)21-16)20-25(23,24)12-19-8-7-13(9-15(19)22)18(19,5)6/h13-14,20-21H,7-12H2,1-6H3/p+1/t13-,19+/m1/s1. The van der Waals surface area contributed by atoms with Gasteiger partial charge < -0.3 is 5.32 Å². The first-order valence-electron chi connectivity index (χ1n) is 9.59. The molecule has 0 unspecified atom stereocenters. The quantitative estimate of drug-likeness (QED) is 0.787. The number of quaternary nitrogens is 1. The van der Waals surface area contributed by atoms with Crippen LogP contribution in [0.3, 0.4) is 0 Å². The zero-order valence-corrected chi connectivity index (χ0v) is 17.4. The molecule has 0 aromatic heterocycles. The van der Waals surface area contributed by atoms with Gasteiger partial charge in [0.25, 0.3) is 0 Å². The summed E-state index contributed by atoms with van der Waals surface area (Å²) in [5.74, 6) is 0.470. The lowest BCUT2D eigenvalue weighted by atomic mass is 9.70. The molecule has 0 radical (unpaired) electrons. The highest BCUT2D eigenvalue weighted by molar-refractivity contribution is 7.89. The maximum Gasteiger partial charge on any atom is 0.212 e. The van der Waals surface area contributed by atoms with Crippen molar-refractivity contribution in [2.24, 2.45) is 16.7 Å². The monoisotopic (exact) mass is 371 g/mol. The Labute approximate surface area is 152 Å². The van der Waals surface area contributed by atoms with Crippen molar-refractivity contribution in [1.82, 2.24) is 4.72 Å². The minimum atomic E-state index is -3.50. The van der Waals surface area contributed by atoms with Crippen LogP contribution >= 0.6 is 0 Å². The summed E-state index contributed by atoms with van der Waals surface area (Å²) >= 11 is 0. The van der Waals surface area contributed by atoms with Gasteiger partial charge in [-0.15, -0.1) is 0 Å². The van der Waals surface area contributed by atoms with Crippen LogP contribution in [0.1, 0.15) is 73.6 Å². The minimum Gasteiger partial charge on any atom is -0.337 e. The first-order chi connectivity index (χ1) is 11.2. The van der Waals surface area contributed by atoms with E-state index in [0.29, 0.717) is 12.3 Å². The van der Waals surface area contributed by atoms with E-state index < -0.39 is 15.4 Å². The summed E-state index contributed by atoms with van der Waals surface area (Å²) < 4.78 is 29.0. The Hall–Kier alpha value is -0.460. The molecule has 1 aliphatic heterocycles. The van der Waals surface area contributed by atoms with E-state index in [1.54, 1.807) is 0 Å². The molecule has 2 saturated carbocycles. The number of sulfonamides is 1. The molecule has 3 rings (SSSR count). The van der Waals surface area contributed by atoms with Crippen molar-refractivity contribution in [3.63, 3.8) is 0 Å². The summed E-state index contributed by atoms with van der Waals surface area (Å²) in [5.41, 5.74) is -0.880. The number of fused-ring (bicyclic) bond motifs is 2. The summed E-state index contributed by atoms with van der Waals surface area (Å²) in [7, 11) is -3.50. The number of piperidine rings is 1. The highest BCUT2D eigenvalue weighted by Crippen LogP contribution is 2.64. The highest BCUT2D eigenvalue weighted by Gasteiger charge is 2.65. The molecule has 25 heavy (non-hydrogen) atoms. The van der Waals surface area contributed by atoms with Gasteiger partial charge in [-0.3, -0.25) is 4.79 Å². The van der Waals surface area contributed by atoms with Crippen molar-refractivity contribution in [3.8, 4) is 0 Å². The van der Waals surface area contributed by atoms with Gasteiger partial charge in [0, 0.05) is 30.7 Å². The van der Waals surface area contributed by atoms with Gasteiger partial charge in [0.1, 0.15) is 5.78 Å². The number of nitrogens with one attached hydrogen (secondary N) is 1. The largest absolute Gasteiger partial charge is 0.337 e. The van der Waals surface area contributed by atoms with Gasteiger partial charge in [-0.05, 0) is 51.9 Å². The van der Waals surface area contributed by atoms with Crippen LogP contribution in [-0.4, -0.2) is 37.1 Å². The molecule has 5 nitrogen and oxygen atoms in total. The van der Waals surface area contributed by atoms with E-state index in [0.717, 1.165) is 25.7 Å². The molecule has 3 aliphatic rings. The molecule has 1 heterocycles. The molecule has 0 amide bonds. The molecule has 3 fully saturated rings. The normalized spacial score (nSPS) is 36.7. The Morgan fingerprint density at radius 1 is 1.08 bits per heavy atom. The fourth-order valence-electron chi connectivity index (χ4n) is 6.33. The van der Waals surface area contributed by atoms with E-state index in [-0.39, 0.29) is 34.1 Å². The lowest BCUT2D eigenvalue weighted by molar-refractivity contribution is -0.787. The number of rotatable bonds is 4. The third-order valence-electron chi connectivity index (χ3n) is 7.25. The molecule has 2 atom stereocenters. The summed E-state index contributed by atoms with van der Waals surface area (Å²) in [6, 6.07) is -0.0618. The van der Waals surface area contributed by atoms with Crippen LogP contribution in [-0.2, 0) is 14.8 Å². The number of ketones is 1. The van der Waals surface area contributed by atoms with Crippen LogP contribution in [0, 0.1) is 16.7 Å².